The van der Waals surface area contributed by atoms with E-state index < -0.39 is 12.1 Å². The van der Waals surface area contributed by atoms with Crippen molar-refractivity contribution in [2.45, 2.75) is 31.7 Å². The molecule has 0 radical (unpaired) electrons. The van der Waals surface area contributed by atoms with Crippen LogP contribution in [0.3, 0.4) is 0 Å². The summed E-state index contributed by atoms with van der Waals surface area (Å²) >= 11 is 0. The van der Waals surface area contributed by atoms with Crippen molar-refractivity contribution >= 4 is 6.09 Å². The Bertz CT molecular complexity index is 1030. The van der Waals surface area contributed by atoms with Crippen LogP contribution in [0.4, 0.5) is 13.6 Å². The van der Waals surface area contributed by atoms with E-state index in [0.29, 0.717) is 13.1 Å². The van der Waals surface area contributed by atoms with Crippen molar-refractivity contribution in [1.82, 2.24) is 9.80 Å². The van der Waals surface area contributed by atoms with Crippen molar-refractivity contribution in [1.29, 1.82) is 0 Å². The van der Waals surface area contributed by atoms with E-state index in [2.05, 4.69) is 4.90 Å². The van der Waals surface area contributed by atoms with E-state index in [1.807, 2.05) is 37.3 Å². The molecular formula is C27H28F2N2O3. The molecule has 1 amide bonds. The third-order valence-corrected chi connectivity index (χ3v) is 6.24. The van der Waals surface area contributed by atoms with Gasteiger partial charge in [0, 0.05) is 19.1 Å². The number of carbonyl (C=O) groups is 1. The number of aliphatic hydroxyl groups is 1. The van der Waals surface area contributed by atoms with Crippen LogP contribution in [0.5, 0.6) is 0 Å². The Balaban J connectivity index is 1.56. The molecule has 1 aliphatic rings. The van der Waals surface area contributed by atoms with Crippen molar-refractivity contribution in [3.05, 3.63) is 107 Å². The fourth-order valence-electron chi connectivity index (χ4n) is 4.47. The summed E-state index contributed by atoms with van der Waals surface area (Å²) in [6.07, 6.45) is -0.477. The van der Waals surface area contributed by atoms with Gasteiger partial charge in [0.1, 0.15) is 18.2 Å². The van der Waals surface area contributed by atoms with Crippen molar-refractivity contribution in [2.24, 2.45) is 0 Å². The summed E-state index contributed by atoms with van der Waals surface area (Å²) in [7, 11) is 0. The third kappa shape index (κ3) is 5.43. The zero-order chi connectivity index (χ0) is 24.1. The number of piperazine rings is 1. The van der Waals surface area contributed by atoms with Gasteiger partial charge in [-0.15, -0.1) is 0 Å². The fraction of sp³-hybridized carbons (Fsp3) is 0.296. The molecule has 34 heavy (non-hydrogen) atoms. The lowest BCUT2D eigenvalue weighted by Gasteiger charge is -2.47. The zero-order valence-electron chi connectivity index (χ0n) is 19.0. The number of rotatable bonds is 6. The summed E-state index contributed by atoms with van der Waals surface area (Å²) < 4.78 is 32.8. The summed E-state index contributed by atoms with van der Waals surface area (Å²) in [6.45, 7) is 2.63. The molecule has 1 saturated heterocycles. The maximum Gasteiger partial charge on any atom is 0.410 e. The molecule has 1 fully saturated rings. The van der Waals surface area contributed by atoms with Gasteiger partial charge in [-0.25, -0.2) is 13.6 Å². The van der Waals surface area contributed by atoms with Crippen LogP contribution >= 0.6 is 0 Å². The average molecular weight is 467 g/mol. The smallest absolute Gasteiger partial charge is 0.410 e. The van der Waals surface area contributed by atoms with Gasteiger partial charge in [-0.05, 0) is 47.9 Å². The van der Waals surface area contributed by atoms with Crippen LogP contribution < -0.4 is 0 Å². The SMILES string of the molecule is C[C@@H]1CN(C(=O)OCc2ccccc2)[C@@H](CO)CN1C(c1ccc(F)cc1)c1ccc(F)cc1. The molecule has 0 spiro atoms. The van der Waals surface area contributed by atoms with Crippen molar-refractivity contribution in [3.8, 4) is 0 Å². The van der Waals surface area contributed by atoms with E-state index in [9.17, 15) is 18.7 Å². The number of nitrogens with zero attached hydrogens (tertiary/aromatic N) is 2. The van der Waals surface area contributed by atoms with E-state index in [1.165, 1.54) is 24.3 Å². The highest BCUT2D eigenvalue weighted by Crippen LogP contribution is 2.33. The minimum atomic E-state index is -0.483. The van der Waals surface area contributed by atoms with Crippen molar-refractivity contribution in [2.75, 3.05) is 19.7 Å². The minimum absolute atomic E-state index is 0.104. The Morgan fingerprint density at radius 2 is 1.50 bits per heavy atom. The van der Waals surface area contributed by atoms with E-state index in [-0.39, 0.29) is 36.9 Å². The highest BCUT2D eigenvalue weighted by Gasteiger charge is 2.39. The topological polar surface area (TPSA) is 53.0 Å². The maximum atomic E-state index is 13.6. The molecule has 5 nitrogen and oxygen atoms in total. The highest BCUT2D eigenvalue weighted by atomic mass is 19.1. The van der Waals surface area contributed by atoms with Crippen LogP contribution in [0.15, 0.2) is 78.9 Å². The van der Waals surface area contributed by atoms with E-state index >= 15 is 0 Å². The molecule has 1 heterocycles. The molecule has 0 aromatic heterocycles. The van der Waals surface area contributed by atoms with Crippen LogP contribution in [0.25, 0.3) is 0 Å². The number of aliphatic hydroxyl groups excluding tert-OH is 1. The van der Waals surface area contributed by atoms with Crippen LogP contribution in [0.1, 0.15) is 29.7 Å². The summed E-state index contributed by atoms with van der Waals surface area (Å²) in [4.78, 5) is 16.6. The van der Waals surface area contributed by atoms with Crippen LogP contribution in [-0.2, 0) is 11.3 Å². The van der Waals surface area contributed by atoms with Gasteiger partial charge in [-0.3, -0.25) is 4.90 Å². The number of ether oxygens (including phenoxy) is 1. The number of hydrogen-bond acceptors (Lipinski definition) is 4. The van der Waals surface area contributed by atoms with E-state index in [4.69, 9.17) is 4.74 Å². The first-order valence-electron chi connectivity index (χ1n) is 11.3. The lowest BCUT2D eigenvalue weighted by atomic mass is 9.93. The fourth-order valence-corrected chi connectivity index (χ4v) is 4.47. The Hall–Kier alpha value is -3.29. The molecule has 4 rings (SSSR count). The monoisotopic (exact) mass is 466 g/mol. The number of benzene rings is 3. The molecule has 0 bridgehead atoms. The highest BCUT2D eigenvalue weighted by molar-refractivity contribution is 5.68. The zero-order valence-corrected chi connectivity index (χ0v) is 19.0. The second-order valence-corrected chi connectivity index (χ2v) is 8.58. The molecule has 2 atom stereocenters. The number of halogens is 2. The first-order chi connectivity index (χ1) is 16.5. The second-order valence-electron chi connectivity index (χ2n) is 8.58. The molecule has 3 aromatic rings. The van der Waals surface area contributed by atoms with Crippen LogP contribution in [-0.4, -0.2) is 52.8 Å². The van der Waals surface area contributed by atoms with Crippen LogP contribution in [0, 0.1) is 11.6 Å². The normalized spacial score (nSPS) is 18.8. The Morgan fingerprint density at radius 3 is 2.03 bits per heavy atom. The summed E-state index contributed by atoms with van der Waals surface area (Å²) in [6, 6.07) is 21.0. The lowest BCUT2D eigenvalue weighted by Crippen LogP contribution is -2.61. The average Bonchev–Trinajstić information content (AvgIpc) is 2.86. The van der Waals surface area contributed by atoms with E-state index in [0.717, 1.165) is 16.7 Å². The van der Waals surface area contributed by atoms with Gasteiger partial charge in [0.25, 0.3) is 0 Å². The quantitative estimate of drug-likeness (QED) is 0.569. The molecule has 1 aliphatic heterocycles. The molecule has 3 aromatic carbocycles. The molecule has 1 N–H and O–H groups in total. The van der Waals surface area contributed by atoms with Gasteiger partial charge in [0.15, 0.2) is 0 Å². The molecule has 178 valence electrons. The molecule has 0 saturated carbocycles. The van der Waals surface area contributed by atoms with Crippen molar-refractivity contribution < 1.29 is 23.4 Å². The first-order valence-corrected chi connectivity index (χ1v) is 11.3. The summed E-state index contributed by atoms with van der Waals surface area (Å²) in [5, 5.41) is 10.1. The Morgan fingerprint density at radius 1 is 0.941 bits per heavy atom. The molecular weight excluding hydrogens is 438 g/mol. The van der Waals surface area contributed by atoms with Crippen LogP contribution in [0.2, 0.25) is 0 Å². The Kier molecular flexibility index (Phi) is 7.55. The predicted molar refractivity (Wildman–Crippen MR) is 125 cm³/mol. The standard InChI is InChI=1S/C27H28F2N2O3/c1-19-15-31(27(33)34-18-20-5-3-2-4-6-20)25(17-32)16-30(19)26(21-7-11-23(28)12-8-21)22-9-13-24(29)14-10-22/h2-14,19,25-26,32H,15-18H2,1H3/t19-,25-/m1/s1. The van der Waals surface area contributed by atoms with Gasteiger partial charge in [-0.1, -0.05) is 54.6 Å². The molecule has 0 unspecified atom stereocenters. The summed E-state index contributed by atoms with van der Waals surface area (Å²) in [5.74, 6) is -0.678. The van der Waals surface area contributed by atoms with Gasteiger partial charge in [0.05, 0.1) is 18.7 Å². The van der Waals surface area contributed by atoms with E-state index in [1.54, 1.807) is 29.2 Å². The maximum absolute atomic E-state index is 13.6. The second kappa shape index (κ2) is 10.8. The van der Waals surface area contributed by atoms with Gasteiger partial charge in [0.2, 0.25) is 0 Å². The minimum Gasteiger partial charge on any atom is -0.445 e. The van der Waals surface area contributed by atoms with Gasteiger partial charge in [-0.2, -0.15) is 0 Å². The van der Waals surface area contributed by atoms with Gasteiger partial charge < -0.3 is 14.7 Å². The summed E-state index contributed by atoms with van der Waals surface area (Å²) in [5.41, 5.74) is 2.57. The molecule has 0 aliphatic carbocycles. The number of amides is 1. The first kappa shape index (κ1) is 23.9. The Labute approximate surface area is 198 Å². The molecule has 7 heteroatoms. The van der Waals surface area contributed by atoms with Gasteiger partial charge >= 0.3 is 6.09 Å². The third-order valence-electron chi connectivity index (χ3n) is 6.24. The van der Waals surface area contributed by atoms with Crippen molar-refractivity contribution in [3.63, 3.8) is 0 Å². The largest absolute Gasteiger partial charge is 0.445 e. The lowest BCUT2D eigenvalue weighted by molar-refractivity contribution is -0.00871. The number of carbonyl (C=O) groups excluding carboxylic acids is 1. The number of hydrogen-bond donors (Lipinski definition) is 1. The predicted octanol–water partition coefficient (Wildman–Crippen LogP) is 4.76.